The largest absolute Gasteiger partial charge is 0.309 e. The smallest absolute Gasteiger partial charge is 0.247 e. The van der Waals surface area contributed by atoms with Crippen molar-refractivity contribution in [3.05, 3.63) is 90.7 Å². The lowest BCUT2D eigenvalue weighted by atomic mass is 10.1. The number of aromatic nitrogens is 5. The summed E-state index contributed by atoms with van der Waals surface area (Å²) < 4.78 is 1.61. The van der Waals surface area contributed by atoms with Crippen LogP contribution in [0.25, 0.3) is 33.0 Å². The molecule has 32 heavy (non-hydrogen) atoms. The Morgan fingerprint density at radius 1 is 0.906 bits per heavy atom. The summed E-state index contributed by atoms with van der Waals surface area (Å²) in [6.07, 6.45) is 5.18. The molecule has 0 saturated heterocycles. The third kappa shape index (κ3) is 4.17. The van der Waals surface area contributed by atoms with Crippen LogP contribution in [-0.4, -0.2) is 30.9 Å². The summed E-state index contributed by atoms with van der Waals surface area (Å²) >= 11 is 1.65. The van der Waals surface area contributed by atoms with Gasteiger partial charge in [-0.1, -0.05) is 41.6 Å². The van der Waals surface area contributed by atoms with E-state index in [9.17, 15) is 4.79 Å². The van der Waals surface area contributed by atoms with E-state index in [1.807, 2.05) is 66.0 Å². The molecule has 4 aromatic heterocycles. The molecule has 4 heterocycles. The SMILES string of the molecule is O=C(Cn1nnc(-c2ccncc2)c1-c1ccccc1)Nc1ccc(-c2cccs2)cn1. The monoisotopic (exact) mass is 438 g/mol. The van der Waals surface area contributed by atoms with Crippen LogP contribution in [0.2, 0.25) is 0 Å². The van der Waals surface area contributed by atoms with E-state index in [0.29, 0.717) is 11.5 Å². The van der Waals surface area contributed by atoms with E-state index in [1.165, 1.54) is 0 Å². The van der Waals surface area contributed by atoms with Crippen molar-refractivity contribution < 1.29 is 4.79 Å². The fourth-order valence-corrected chi connectivity index (χ4v) is 4.10. The Balaban J connectivity index is 1.39. The zero-order valence-corrected chi connectivity index (χ0v) is 17.7. The average Bonchev–Trinajstić information content (AvgIpc) is 3.51. The molecule has 0 aliphatic rings. The lowest BCUT2D eigenvalue weighted by Crippen LogP contribution is -2.20. The maximum atomic E-state index is 12.8. The van der Waals surface area contributed by atoms with Gasteiger partial charge < -0.3 is 5.32 Å². The molecule has 1 N–H and O–H groups in total. The molecule has 0 spiro atoms. The molecule has 1 aromatic carbocycles. The maximum absolute atomic E-state index is 12.8. The van der Waals surface area contributed by atoms with Gasteiger partial charge in [-0.15, -0.1) is 16.4 Å². The topological polar surface area (TPSA) is 85.6 Å². The molecule has 7 nitrogen and oxygen atoms in total. The first kappa shape index (κ1) is 19.8. The van der Waals surface area contributed by atoms with Gasteiger partial charge >= 0.3 is 0 Å². The van der Waals surface area contributed by atoms with Crippen LogP contribution in [-0.2, 0) is 11.3 Å². The molecule has 156 valence electrons. The molecule has 0 radical (unpaired) electrons. The van der Waals surface area contributed by atoms with Crippen LogP contribution >= 0.6 is 11.3 Å². The lowest BCUT2D eigenvalue weighted by Gasteiger charge is -2.09. The highest BCUT2D eigenvalue weighted by Gasteiger charge is 2.18. The minimum atomic E-state index is -0.232. The highest BCUT2D eigenvalue weighted by Crippen LogP contribution is 2.30. The molecular weight excluding hydrogens is 420 g/mol. The number of pyridine rings is 2. The number of carbonyl (C=O) groups excluding carboxylic acids is 1. The van der Waals surface area contributed by atoms with E-state index in [0.717, 1.165) is 27.3 Å². The first-order valence-corrected chi connectivity index (χ1v) is 10.8. The fraction of sp³-hybridized carbons (Fsp3) is 0.0417. The van der Waals surface area contributed by atoms with Crippen molar-refractivity contribution in [2.75, 3.05) is 5.32 Å². The van der Waals surface area contributed by atoms with Crippen LogP contribution in [0.1, 0.15) is 0 Å². The van der Waals surface area contributed by atoms with Crippen LogP contribution in [0.5, 0.6) is 0 Å². The molecule has 1 amide bonds. The summed E-state index contributed by atoms with van der Waals surface area (Å²) in [5, 5.41) is 13.5. The number of nitrogens with zero attached hydrogens (tertiary/aromatic N) is 5. The Bertz CT molecular complexity index is 1320. The maximum Gasteiger partial charge on any atom is 0.247 e. The standard InChI is InChI=1S/C24H18N6OS/c31-22(27-21-9-8-19(15-26-21)20-7-4-14-32-20)16-30-24(18-5-2-1-3-6-18)23(28-29-30)17-10-12-25-13-11-17/h1-15H,16H2,(H,26,27,31). The average molecular weight is 439 g/mol. The molecule has 0 unspecified atom stereocenters. The third-order valence-corrected chi connectivity index (χ3v) is 5.79. The predicted molar refractivity (Wildman–Crippen MR) is 125 cm³/mol. The number of benzene rings is 1. The van der Waals surface area contributed by atoms with Crippen LogP contribution in [0.15, 0.2) is 90.7 Å². The van der Waals surface area contributed by atoms with Gasteiger partial charge in [-0.05, 0) is 35.7 Å². The van der Waals surface area contributed by atoms with Crippen molar-refractivity contribution in [2.24, 2.45) is 0 Å². The molecule has 5 aromatic rings. The van der Waals surface area contributed by atoms with Crippen LogP contribution in [0.4, 0.5) is 5.82 Å². The second-order valence-electron chi connectivity index (χ2n) is 7.00. The zero-order chi connectivity index (χ0) is 21.8. The van der Waals surface area contributed by atoms with Crippen molar-refractivity contribution in [1.29, 1.82) is 0 Å². The summed E-state index contributed by atoms with van der Waals surface area (Å²) in [7, 11) is 0. The molecule has 0 fully saturated rings. The molecule has 0 bridgehead atoms. The summed E-state index contributed by atoms with van der Waals surface area (Å²) in [5.41, 5.74) is 4.30. The second kappa shape index (κ2) is 8.91. The fourth-order valence-electron chi connectivity index (χ4n) is 3.38. The molecule has 0 saturated carbocycles. The molecule has 5 rings (SSSR count). The Kier molecular flexibility index (Phi) is 5.50. The van der Waals surface area contributed by atoms with Gasteiger partial charge in [0.2, 0.25) is 5.91 Å². The summed E-state index contributed by atoms with van der Waals surface area (Å²) in [4.78, 5) is 22.4. The number of hydrogen-bond donors (Lipinski definition) is 1. The quantitative estimate of drug-likeness (QED) is 0.413. The number of nitrogens with one attached hydrogen (secondary N) is 1. The van der Waals surface area contributed by atoms with Gasteiger partial charge in [0.25, 0.3) is 0 Å². The van der Waals surface area contributed by atoms with Crippen LogP contribution < -0.4 is 5.32 Å². The van der Waals surface area contributed by atoms with E-state index >= 15 is 0 Å². The minimum absolute atomic E-state index is 0.0106. The molecule has 0 aliphatic heterocycles. The zero-order valence-electron chi connectivity index (χ0n) is 16.9. The van der Waals surface area contributed by atoms with Gasteiger partial charge in [-0.25, -0.2) is 9.67 Å². The number of rotatable bonds is 6. The number of anilines is 1. The second-order valence-corrected chi connectivity index (χ2v) is 7.95. The van der Waals surface area contributed by atoms with E-state index in [1.54, 1.807) is 40.7 Å². The van der Waals surface area contributed by atoms with Crippen molar-refractivity contribution in [2.45, 2.75) is 6.54 Å². The Hall–Kier alpha value is -4.17. The van der Waals surface area contributed by atoms with Crippen molar-refractivity contribution in [3.63, 3.8) is 0 Å². The Morgan fingerprint density at radius 2 is 1.75 bits per heavy atom. The van der Waals surface area contributed by atoms with Gasteiger partial charge in [0.1, 0.15) is 18.1 Å². The number of hydrogen-bond acceptors (Lipinski definition) is 6. The van der Waals surface area contributed by atoms with Gasteiger partial charge in [0, 0.05) is 40.2 Å². The number of amides is 1. The summed E-state index contributed by atoms with van der Waals surface area (Å²) in [6, 6.07) is 21.3. The van der Waals surface area contributed by atoms with Gasteiger partial charge in [-0.2, -0.15) is 0 Å². The van der Waals surface area contributed by atoms with E-state index in [2.05, 4.69) is 25.6 Å². The normalized spacial score (nSPS) is 10.8. The van der Waals surface area contributed by atoms with Crippen molar-refractivity contribution in [1.82, 2.24) is 25.0 Å². The predicted octanol–water partition coefficient (Wildman–Crippen LogP) is 4.77. The van der Waals surface area contributed by atoms with Crippen molar-refractivity contribution >= 4 is 23.1 Å². The van der Waals surface area contributed by atoms with Crippen LogP contribution in [0.3, 0.4) is 0 Å². The van der Waals surface area contributed by atoms with E-state index in [-0.39, 0.29) is 12.5 Å². The third-order valence-electron chi connectivity index (χ3n) is 4.87. The van der Waals surface area contributed by atoms with Gasteiger partial charge in [0.05, 0.1) is 5.69 Å². The van der Waals surface area contributed by atoms with E-state index in [4.69, 9.17) is 0 Å². The summed E-state index contributed by atoms with van der Waals surface area (Å²) in [5.74, 6) is 0.260. The first-order chi connectivity index (χ1) is 15.8. The van der Waals surface area contributed by atoms with E-state index < -0.39 is 0 Å². The number of carbonyl (C=O) groups is 1. The number of thiophene rings is 1. The first-order valence-electron chi connectivity index (χ1n) is 9.97. The van der Waals surface area contributed by atoms with Gasteiger partial charge in [0.15, 0.2) is 0 Å². The summed E-state index contributed by atoms with van der Waals surface area (Å²) in [6.45, 7) is 0.0106. The molecule has 0 atom stereocenters. The molecular formula is C24H18N6OS. The molecule has 0 aliphatic carbocycles. The van der Waals surface area contributed by atoms with Crippen molar-refractivity contribution in [3.8, 4) is 33.0 Å². The van der Waals surface area contributed by atoms with Gasteiger partial charge in [-0.3, -0.25) is 9.78 Å². The minimum Gasteiger partial charge on any atom is -0.309 e. The highest BCUT2D eigenvalue weighted by molar-refractivity contribution is 7.13. The lowest BCUT2D eigenvalue weighted by molar-refractivity contribution is -0.116. The molecule has 8 heteroatoms. The Labute approximate surface area is 188 Å². The van der Waals surface area contributed by atoms with Crippen LogP contribution in [0, 0.1) is 0 Å². The Morgan fingerprint density at radius 3 is 2.47 bits per heavy atom. The highest BCUT2D eigenvalue weighted by atomic mass is 32.1.